The van der Waals surface area contributed by atoms with Crippen molar-refractivity contribution in [1.29, 1.82) is 0 Å². The monoisotopic (exact) mass is 410 g/mol. The number of ether oxygens (including phenoxy) is 1. The number of halogens is 1. The molecule has 4 rings (SSSR count). The first-order valence-corrected chi connectivity index (χ1v) is 9.99. The van der Waals surface area contributed by atoms with Crippen molar-refractivity contribution in [3.63, 3.8) is 0 Å². The van der Waals surface area contributed by atoms with Gasteiger partial charge in [-0.2, -0.15) is 0 Å². The van der Waals surface area contributed by atoms with E-state index in [9.17, 15) is 19.4 Å². The molecule has 2 atom stereocenters. The molecule has 7 heteroatoms. The molecule has 0 spiro atoms. The van der Waals surface area contributed by atoms with Gasteiger partial charge in [-0.25, -0.2) is 4.79 Å². The maximum absolute atomic E-state index is 13.0. The number of pyridine rings is 1. The lowest BCUT2D eigenvalue weighted by molar-refractivity contribution is 0.0424. The summed E-state index contributed by atoms with van der Waals surface area (Å²) in [6.45, 7) is 0.348. The van der Waals surface area contributed by atoms with Gasteiger partial charge in [0.1, 0.15) is 17.9 Å². The minimum Gasteiger partial charge on any atom is -0.421 e. The fraction of sp³-hybridized carbons (Fsp3) is 0.304. The van der Waals surface area contributed by atoms with Crippen LogP contribution in [0.3, 0.4) is 0 Å². The summed E-state index contributed by atoms with van der Waals surface area (Å²) < 4.78 is 19.9. The van der Waals surface area contributed by atoms with Gasteiger partial charge < -0.3 is 19.5 Å². The van der Waals surface area contributed by atoms with Crippen LogP contribution >= 0.6 is 0 Å². The standard InChI is InChI=1S/C23H23FN2O4/c24-10-4-1-5-12-26-14-17(15-7-2-3-9-18(15)26)23(29)30-20-13-19(27)22(28)16-8-6-11-25-21(16)20/h2-3,6-9,11,13-14,19,22,27-28H,1,4-5,10,12H2. The first kappa shape index (κ1) is 20.3. The van der Waals surface area contributed by atoms with Gasteiger partial charge in [-0.15, -0.1) is 0 Å². The van der Waals surface area contributed by atoms with Crippen molar-refractivity contribution in [2.45, 2.75) is 38.0 Å². The zero-order chi connectivity index (χ0) is 21.1. The van der Waals surface area contributed by atoms with Crippen LogP contribution in [0.2, 0.25) is 0 Å². The third-order valence-corrected chi connectivity index (χ3v) is 5.28. The maximum atomic E-state index is 13.0. The Labute approximate surface area is 173 Å². The number of aromatic nitrogens is 2. The molecule has 3 aromatic rings. The van der Waals surface area contributed by atoms with E-state index in [-0.39, 0.29) is 12.4 Å². The van der Waals surface area contributed by atoms with E-state index in [2.05, 4.69) is 4.98 Å². The molecule has 2 aromatic heterocycles. The molecular weight excluding hydrogens is 387 g/mol. The third-order valence-electron chi connectivity index (χ3n) is 5.28. The summed E-state index contributed by atoms with van der Waals surface area (Å²) in [7, 11) is 0. The van der Waals surface area contributed by atoms with E-state index in [1.54, 1.807) is 18.3 Å². The van der Waals surface area contributed by atoms with Crippen LogP contribution in [0, 0.1) is 0 Å². The van der Waals surface area contributed by atoms with Gasteiger partial charge in [0.05, 0.1) is 12.2 Å². The molecule has 0 amide bonds. The zero-order valence-corrected chi connectivity index (χ0v) is 16.4. The first-order chi connectivity index (χ1) is 14.6. The number of aryl methyl sites for hydroxylation is 1. The Hall–Kier alpha value is -3.03. The summed E-state index contributed by atoms with van der Waals surface area (Å²) in [5.41, 5.74) is 2.04. The highest BCUT2D eigenvalue weighted by molar-refractivity contribution is 6.05. The molecule has 2 N–H and O–H groups in total. The molecule has 0 bridgehead atoms. The summed E-state index contributed by atoms with van der Waals surface area (Å²) in [6.07, 6.45) is 4.38. The minimum absolute atomic E-state index is 0.119. The number of hydrogen-bond acceptors (Lipinski definition) is 5. The number of rotatable bonds is 7. The molecule has 0 saturated heterocycles. The molecule has 0 saturated carbocycles. The van der Waals surface area contributed by atoms with Gasteiger partial charge in [0.15, 0.2) is 5.76 Å². The van der Waals surface area contributed by atoms with Gasteiger partial charge >= 0.3 is 5.97 Å². The molecule has 0 fully saturated rings. The van der Waals surface area contributed by atoms with Crippen molar-refractivity contribution in [3.05, 3.63) is 71.7 Å². The topological polar surface area (TPSA) is 84.6 Å². The van der Waals surface area contributed by atoms with Crippen molar-refractivity contribution < 1.29 is 24.1 Å². The zero-order valence-electron chi connectivity index (χ0n) is 16.4. The molecular formula is C23H23FN2O4. The summed E-state index contributed by atoms with van der Waals surface area (Å²) >= 11 is 0. The number of carbonyl (C=O) groups excluding carboxylic acids is 1. The van der Waals surface area contributed by atoms with Crippen LogP contribution < -0.4 is 0 Å². The number of carbonyl (C=O) groups is 1. The number of aliphatic hydroxyl groups is 2. The lowest BCUT2D eigenvalue weighted by atomic mass is 9.95. The van der Waals surface area contributed by atoms with Crippen LogP contribution in [-0.4, -0.2) is 38.5 Å². The fourth-order valence-corrected chi connectivity index (χ4v) is 3.76. The normalized spacial score (nSPS) is 18.2. The van der Waals surface area contributed by atoms with E-state index in [0.717, 1.165) is 23.7 Å². The summed E-state index contributed by atoms with van der Waals surface area (Å²) in [5, 5.41) is 21.0. The summed E-state index contributed by atoms with van der Waals surface area (Å²) in [6, 6.07) is 10.8. The second-order valence-electron chi connectivity index (χ2n) is 7.30. The maximum Gasteiger partial charge on any atom is 0.345 e. The molecule has 2 heterocycles. The van der Waals surface area contributed by atoms with Crippen molar-refractivity contribution in [2.24, 2.45) is 0 Å². The fourth-order valence-electron chi connectivity index (χ4n) is 3.76. The number of fused-ring (bicyclic) bond motifs is 2. The molecule has 1 aliphatic rings. The number of hydrogen-bond donors (Lipinski definition) is 2. The van der Waals surface area contributed by atoms with Crippen LogP contribution in [0.4, 0.5) is 4.39 Å². The van der Waals surface area contributed by atoms with Crippen molar-refractivity contribution in [2.75, 3.05) is 6.67 Å². The number of esters is 1. The van der Waals surface area contributed by atoms with E-state index in [4.69, 9.17) is 4.74 Å². The summed E-state index contributed by atoms with van der Waals surface area (Å²) in [4.78, 5) is 17.2. The van der Waals surface area contributed by atoms with Crippen LogP contribution in [0.15, 0.2) is 54.9 Å². The van der Waals surface area contributed by atoms with Gasteiger partial charge in [0.25, 0.3) is 0 Å². The second-order valence-corrected chi connectivity index (χ2v) is 7.30. The number of benzene rings is 1. The predicted molar refractivity (Wildman–Crippen MR) is 110 cm³/mol. The lowest BCUT2D eigenvalue weighted by Gasteiger charge is -2.24. The van der Waals surface area contributed by atoms with Crippen molar-refractivity contribution >= 4 is 22.6 Å². The average Bonchev–Trinajstić information content (AvgIpc) is 3.14. The highest BCUT2D eigenvalue weighted by atomic mass is 19.1. The van der Waals surface area contributed by atoms with Crippen molar-refractivity contribution in [1.82, 2.24) is 9.55 Å². The number of nitrogens with zero attached hydrogens (tertiary/aromatic N) is 2. The second kappa shape index (κ2) is 8.77. The molecule has 0 radical (unpaired) electrons. The molecule has 30 heavy (non-hydrogen) atoms. The van der Waals surface area contributed by atoms with Crippen molar-refractivity contribution in [3.8, 4) is 0 Å². The predicted octanol–water partition coefficient (Wildman–Crippen LogP) is 3.78. The Kier molecular flexibility index (Phi) is 5.92. The molecule has 1 aliphatic carbocycles. The Balaban J connectivity index is 1.62. The lowest BCUT2D eigenvalue weighted by Crippen LogP contribution is -2.23. The van der Waals surface area contributed by atoms with E-state index in [0.29, 0.717) is 29.8 Å². The number of aliphatic hydroxyl groups excluding tert-OH is 2. The van der Waals surface area contributed by atoms with Crippen LogP contribution in [0.5, 0.6) is 0 Å². The highest BCUT2D eigenvalue weighted by Crippen LogP contribution is 2.33. The first-order valence-electron chi connectivity index (χ1n) is 9.99. The van der Waals surface area contributed by atoms with E-state index in [1.807, 2.05) is 28.8 Å². The van der Waals surface area contributed by atoms with E-state index >= 15 is 0 Å². The van der Waals surface area contributed by atoms with Gasteiger partial charge in [0.2, 0.25) is 0 Å². The number of alkyl halides is 1. The SMILES string of the molecule is O=C(OC1=CC(O)C(O)c2cccnc21)c1cn(CCCCCF)c2ccccc12. The molecule has 6 nitrogen and oxygen atoms in total. The van der Waals surface area contributed by atoms with Crippen LogP contribution in [-0.2, 0) is 11.3 Å². The Morgan fingerprint density at radius 1 is 1.13 bits per heavy atom. The summed E-state index contributed by atoms with van der Waals surface area (Å²) in [5.74, 6) is -0.451. The molecule has 2 unspecified atom stereocenters. The van der Waals surface area contributed by atoms with E-state index in [1.165, 1.54) is 12.3 Å². The smallest absolute Gasteiger partial charge is 0.345 e. The van der Waals surface area contributed by atoms with E-state index < -0.39 is 18.2 Å². The van der Waals surface area contributed by atoms with Gasteiger partial charge in [-0.1, -0.05) is 24.3 Å². The quantitative estimate of drug-likeness (QED) is 0.457. The largest absolute Gasteiger partial charge is 0.421 e. The van der Waals surface area contributed by atoms with Crippen LogP contribution in [0.1, 0.15) is 47.0 Å². The van der Waals surface area contributed by atoms with Crippen LogP contribution in [0.25, 0.3) is 16.7 Å². The average molecular weight is 410 g/mol. The third kappa shape index (κ3) is 3.86. The van der Waals surface area contributed by atoms with Gasteiger partial charge in [-0.05, 0) is 37.5 Å². The number of para-hydroxylation sites is 1. The molecule has 0 aliphatic heterocycles. The highest BCUT2D eigenvalue weighted by Gasteiger charge is 2.30. The minimum atomic E-state index is -1.19. The Morgan fingerprint density at radius 3 is 2.80 bits per heavy atom. The van der Waals surface area contributed by atoms with Gasteiger partial charge in [0, 0.05) is 35.4 Å². The molecule has 1 aromatic carbocycles. The van der Waals surface area contributed by atoms with Gasteiger partial charge in [-0.3, -0.25) is 9.37 Å². The molecule has 156 valence electrons. The Morgan fingerprint density at radius 2 is 1.97 bits per heavy atom. The Bertz CT molecular complexity index is 1090. The number of unbranched alkanes of at least 4 members (excludes halogenated alkanes) is 2.